The Morgan fingerprint density at radius 2 is 2.10 bits per heavy atom. The van der Waals surface area contributed by atoms with Crippen molar-refractivity contribution in [3.63, 3.8) is 0 Å². The molecule has 110 valence electrons. The third-order valence-corrected chi connectivity index (χ3v) is 3.16. The molecule has 0 radical (unpaired) electrons. The zero-order chi connectivity index (χ0) is 15.4. The van der Waals surface area contributed by atoms with Crippen molar-refractivity contribution in [1.82, 2.24) is 4.98 Å². The second-order valence-corrected chi connectivity index (χ2v) is 4.95. The molecule has 0 aliphatic rings. The van der Waals surface area contributed by atoms with Crippen LogP contribution in [0.3, 0.4) is 0 Å². The molecule has 0 atom stereocenters. The van der Waals surface area contributed by atoms with Crippen LogP contribution in [-0.2, 0) is 11.3 Å². The number of ether oxygens (including phenoxy) is 1. The number of rotatable bonds is 4. The van der Waals surface area contributed by atoms with E-state index in [2.05, 4.69) is 15.8 Å². The lowest BCUT2D eigenvalue weighted by atomic mass is 10.1. The van der Waals surface area contributed by atoms with Gasteiger partial charge in [-0.05, 0) is 24.6 Å². The summed E-state index contributed by atoms with van der Waals surface area (Å²) in [6, 6.07) is 11.4. The van der Waals surface area contributed by atoms with Gasteiger partial charge in [-0.25, -0.2) is 9.78 Å². The molecule has 0 fully saturated rings. The van der Waals surface area contributed by atoms with E-state index in [1.807, 2.05) is 37.1 Å². The van der Waals surface area contributed by atoms with Gasteiger partial charge in [-0.3, -0.25) is 0 Å². The van der Waals surface area contributed by atoms with Crippen molar-refractivity contribution in [2.75, 3.05) is 24.8 Å². The van der Waals surface area contributed by atoms with Gasteiger partial charge in [0.2, 0.25) is 0 Å². The van der Waals surface area contributed by atoms with Crippen LogP contribution in [0.1, 0.15) is 21.6 Å². The van der Waals surface area contributed by atoms with Crippen LogP contribution >= 0.6 is 0 Å². The van der Waals surface area contributed by atoms with E-state index in [-0.39, 0.29) is 5.69 Å². The van der Waals surface area contributed by atoms with Crippen LogP contribution in [0.4, 0.5) is 11.5 Å². The smallest absolute Gasteiger partial charge is 0.356 e. The van der Waals surface area contributed by atoms with Gasteiger partial charge in [-0.15, -0.1) is 0 Å². The van der Waals surface area contributed by atoms with Crippen LogP contribution in [0, 0.1) is 6.92 Å². The van der Waals surface area contributed by atoms with Crippen LogP contribution in [0.25, 0.3) is 0 Å². The Labute approximate surface area is 124 Å². The second-order valence-electron chi connectivity index (χ2n) is 4.95. The lowest BCUT2D eigenvalue weighted by Gasteiger charge is -2.20. The summed E-state index contributed by atoms with van der Waals surface area (Å²) in [7, 11) is 3.22. The van der Waals surface area contributed by atoms with Crippen molar-refractivity contribution < 1.29 is 9.53 Å². The predicted octanol–water partition coefficient (Wildman–Crippen LogP) is 2.40. The summed E-state index contributed by atoms with van der Waals surface area (Å²) in [5, 5.41) is 0. The predicted molar refractivity (Wildman–Crippen MR) is 83.3 cm³/mol. The average Bonchev–Trinajstić information content (AvgIpc) is 2.46. The van der Waals surface area contributed by atoms with Crippen molar-refractivity contribution in [3.8, 4) is 0 Å². The molecule has 0 unspecified atom stereocenters. The quantitative estimate of drug-likeness (QED) is 0.874. The van der Waals surface area contributed by atoms with Crippen molar-refractivity contribution in [2.24, 2.45) is 0 Å². The molecule has 0 saturated heterocycles. The van der Waals surface area contributed by atoms with Gasteiger partial charge < -0.3 is 15.4 Å². The number of aromatic nitrogens is 1. The molecule has 0 saturated carbocycles. The summed E-state index contributed by atoms with van der Waals surface area (Å²) in [4.78, 5) is 17.8. The van der Waals surface area contributed by atoms with Gasteiger partial charge in [0.25, 0.3) is 0 Å². The number of aryl methyl sites for hydroxylation is 1. The van der Waals surface area contributed by atoms with E-state index in [1.165, 1.54) is 12.7 Å². The monoisotopic (exact) mass is 285 g/mol. The molecule has 5 nitrogen and oxygen atoms in total. The fraction of sp³-hybridized carbons (Fsp3) is 0.250. The third kappa shape index (κ3) is 3.51. The summed E-state index contributed by atoms with van der Waals surface area (Å²) in [6.07, 6.45) is 0. The van der Waals surface area contributed by atoms with Gasteiger partial charge in [0.05, 0.1) is 12.8 Å². The molecule has 1 aromatic carbocycles. The molecule has 1 heterocycles. The lowest BCUT2D eigenvalue weighted by Crippen LogP contribution is -2.20. The summed E-state index contributed by atoms with van der Waals surface area (Å²) in [6.45, 7) is 2.71. The van der Waals surface area contributed by atoms with Gasteiger partial charge in [0.15, 0.2) is 11.5 Å². The number of pyridine rings is 1. The van der Waals surface area contributed by atoms with Crippen molar-refractivity contribution in [2.45, 2.75) is 13.5 Å². The molecule has 1 aromatic heterocycles. The first kappa shape index (κ1) is 14.8. The number of hydrogen-bond donors (Lipinski definition) is 1. The third-order valence-electron chi connectivity index (χ3n) is 3.16. The van der Waals surface area contributed by atoms with Crippen LogP contribution in [0.15, 0.2) is 36.4 Å². The van der Waals surface area contributed by atoms with Gasteiger partial charge in [-0.1, -0.05) is 29.8 Å². The number of esters is 1. The number of carbonyl (C=O) groups is 1. The number of nitrogens with two attached hydrogens (primary N) is 1. The zero-order valence-corrected chi connectivity index (χ0v) is 12.5. The largest absolute Gasteiger partial charge is 0.464 e. The summed E-state index contributed by atoms with van der Waals surface area (Å²) in [5.74, 6) is 0.0969. The van der Waals surface area contributed by atoms with Crippen LogP contribution in [0.2, 0.25) is 0 Å². The average molecular weight is 285 g/mol. The maximum atomic E-state index is 11.6. The molecule has 2 aromatic rings. The molecule has 2 rings (SSSR count). The number of hydrogen-bond acceptors (Lipinski definition) is 5. The molecule has 21 heavy (non-hydrogen) atoms. The van der Waals surface area contributed by atoms with Crippen molar-refractivity contribution in [1.29, 1.82) is 0 Å². The fourth-order valence-electron chi connectivity index (χ4n) is 2.14. The Balaban J connectivity index is 2.26. The van der Waals surface area contributed by atoms with E-state index in [9.17, 15) is 4.79 Å². The van der Waals surface area contributed by atoms with Gasteiger partial charge in [-0.2, -0.15) is 0 Å². The zero-order valence-electron chi connectivity index (χ0n) is 12.5. The number of nitrogens with zero attached hydrogens (tertiary/aromatic N) is 2. The molecule has 0 aliphatic carbocycles. The van der Waals surface area contributed by atoms with Gasteiger partial charge in [0, 0.05) is 13.6 Å². The van der Waals surface area contributed by atoms with Crippen LogP contribution in [0.5, 0.6) is 0 Å². The van der Waals surface area contributed by atoms with E-state index in [4.69, 9.17) is 5.73 Å². The lowest BCUT2D eigenvalue weighted by molar-refractivity contribution is 0.0594. The van der Waals surface area contributed by atoms with Crippen molar-refractivity contribution >= 4 is 17.5 Å². The molecule has 0 bridgehead atoms. The van der Waals surface area contributed by atoms with E-state index >= 15 is 0 Å². The maximum absolute atomic E-state index is 11.6. The topological polar surface area (TPSA) is 68.5 Å². The highest BCUT2D eigenvalue weighted by molar-refractivity contribution is 5.88. The SMILES string of the molecule is COC(=O)c1ccc(N)c(N(C)Cc2cccc(C)c2)n1. The van der Waals surface area contributed by atoms with E-state index in [1.54, 1.807) is 12.1 Å². The minimum absolute atomic E-state index is 0.248. The number of anilines is 2. The molecule has 0 amide bonds. The fourth-order valence-corrected chi connectivity index (χ4v) is 2.14. The van der Waals surface area contributed by atoms with E-state index in [0.29, 0.717) is 18.1 Å². The standard InChI is InChI=1S/C16H19N3O2/c1-11-5-4-6-12(9-11)10-19(2)15-13(17)7-8-14(18-15)16(20)21-3/h4-9H,10,17H2,1-3H3. The maximum Gasteiger partial charge on any atom is 0.356 e. The molecule has 2 N–H and O–H groups in total. The van der Waals surface area contributed by atoms with Crippen LogP contribution < -0.4 is 10.6 Å². The Morgan fingerprint density at radius 3 is 2.76 bits per heavy atom. The Kier molecular flexibility index (Phi) is 4.42. The highest BCUT2D eigenvalue weighted by Gasteiger charge is 2.13. The molecule has 0 aliphatic heterocycles. The first-order chi connectivity index (χ1) is 10.0. The minimum atomic E-state index is -0.472. The number of carbonyl (C=O) groups excluding carboxylic acids is 1. The minimum Gasteiger partial charge on any atom is -0.464 e. The summed E-state index contributed by atoms with van der Waals surface area (Å²) >= 11 is 0. The first-order valence-electron chi connectivity index (χ1n) is 6.63. The number of nitrogen functional groups attached to an aromatic ring is 1. The Hall–Kier alpha value is -2.56. The summed E-state index contributed by atoms with van der Waals surface area (Å²) < 4.78 is 4.68. The highest BCUT2D eigenvalue weighted by atomic mass is 16.5. The van der Waals surface area contributed by atoms with Gasteiger partial charge >= 0.3 is 5.97 Å². The van der Waals surface area contributed by atoms with Crippen molar-refractivity contribution in [3.05, 3.63) is 53.2 Å². The number of methoxy groups -OCH3 is 1. The molecular formula is C16H19N3O2. The highest BCUT2D eigenvalue weighted by Crippen LogP contribution is 2.22. The number of benzene rings is 1. The molecule has 0 spiro atoms. The Morgan fingerprint density at radius 1 is 1.33 bits per heavy atom. The second kappa shape index (κ2) is 6.26. The normalized spacial score (nSPS) is 10.2. The van der Waals surface area contributed by atoms with Crippen LogP contribution in [-0.4, -0.2) is 25.1 Å². The van der Waals surface area contributed by atoms with E-state index in [0.717, 1.165) is 5.56 Å². The van der Waals surface area contributed by atoms with Gasteiger partial charge in [0.1, 0.15) is 0 Å². The van der Waals surface area contributed by atoms with E-state index < -0.39 is 5.97 Å². The molecule has 5 heteroatoms. The first-order valence-corrected chi connectivity index (χ1v) is 6.63. The summed E-state index contributed by atoms with van der Waals surface area (Å²) in [5.41, 5.74) is 9.09. The molecular weight excluding hydrogens is 266 g/mol. The Bertz CT molecular complexity index is 656.